The zero-order chi connectivity index (χ0) is 14.0. The lowest BCUT2D eigenvalue weighted by atomic mass is 9.95. The molecule has 0 aliphatic heterocycles. The molecular weight excluding hydrogens is 240 g/mol. The van der Waals surface area contributed by atoms with Crippen LogP contribution >= 0.6 is 0 Å². The molecule has 0 spiro atoms. The third kappa shape index (κ3) is 2.16. The Balaban J connectivity index is 2.96. The molecule has 19 heavy (non-hydrogen) atoms. The lowest BCUT2D eigenvalue weighted by Crippen LogP contribution is -2.04. The van der Waals surface area contributed by atoms with Crippen LogP contribution in [0.3, 0.4) is 0 Å². The molecule has 0 fully saturated rings. The Kier molecular flexibility index (Phi) is 3.74. The maximum Gasteiger partial charge on any atom is 0.163 e. The van der Waals surface area contributed by atoms with Crippen LogP contribution in [0.15, 0.2) is 24.3 Å². The van der Waals surface area contributed by atoms with Crippen LogP contribution in [-0.2, 0) is 6.42 Å². The summed E-state index contributed by atoms with van der Waals surface area (Å²) < 4.78 is 10.9. The second kappa shape index (κ2) is 5.31. The van der Waals surface area contributed by atoms with Crippen LogP contribution in [0.5, 0.6) is 11.5 Å². The van der Waals surface area contributed by atoms with Gasteiger partial charge >= 0.3 is 0 Å². The highest BCUT2D eigenvalue weighted by Gasteiger charge is 2.19. The molecule has 0 aliphatic rings. The monoisotopic (exact) mass is 258 g/mol. The van der Waals surface area contributed by atoms with E-state index in [1.54, 1.807) is 21.1 Å². The molecule has 0 radical (unpaired) electrons. The maximum atomic E-state index is 11.9. The van der Waals surface area contributed by atoms with Crippen LogP contribution < -0.4 is 9.47 Å². The zero-order valence-electron chi connectivity index (χ0n) is 11.7. The van der Waals surface area contributed by atoms with E-state index < -0.39 is 0 Å². The summed E-state index contributed by atoms with van der Waals surface area (Å²) in [7, 11) is 3.21. The fourth-order valence-corrected chi connectivity index (χ4v) is 2.48. The van der Waals surface area contributed by atoms with Gasteiger partial charge in [-0.15, -0.1) is 0 Å². The fourth-order valence-electron chi connectivity index (χ4n) is 2.48. The third-order valence-electron chi connectivity index (χ3n) is 3.32. The van der Waals surface area contributed by atoms with Gasteiger partial charge in [0.2, 0.25) is 0 Å². The Morgan fingerprint density at radius 1 is 1.21 bits per heavy atom. The number of ketones is 1. The van der Waals surface area contributed by atoms with E-state index in [0.29, 0.717) is 11.3 Å². The number of ether oxygens (including phenoxy) is 2. The number of carbonyl (C=O) groups is 1. The zero-order valence-corrected chi connectivity index (χ0v) is 11.7. The molecule has 0 saturated carbocycles. The van der Waals surface area contributed by atoms with Gasteiger partial charge in [0.1, 0.15) is 11.5 Å². The molecule has 2 aromatic carbocycles. The highest BCUT2D eigenvalue weighted by Crippen LogP contribution is 2.38. The van der Waals surface area contributed by atoms with Gasteiger partial charge < -0.3 is 9.47 Å². The Labute approximate surface area is 113 Å². The second-order valence-electron chi connectivity index (χ2n) is 4.41. The minimum atomic E-state index is 0.0153. The molecule has 0 aliphatic carbocycles. The number of hydrogen-bond acceptors (Lipinski definition) is 3. The number of fused-ring (bicyclic) bond motifs is 1. The van der Waals surface area contributed by atoms with E-state index >= 15 is 0 Å². The van der Waals surface area contributed by atoms with Gasteiger partial charge in [-0.2, -0.15) is 0 Å². The largest absolute Gasteiger partial charge is 0.496 e. The predicted molar refractivity (Wildman–Crippen MR) is 76.4 cm³/mol. The van der Waals surface area contributed by atoms with Crippen molar-refractivity contribution in [1.82, 2.24) is 0 Å². The van der Waals surface area contributed by atoms with E-state index in [0.717, 1.165) is 28.5 Å². The first kappa shape index (κ1) is 13.4. The van der Waals surface area contributed by atoms with E-state index in [9.17, 15) is 4.79 Å². The summed E-state index contributed by atoms with van der Waals surface area (Å²) >= 11 is 0. The molecule has 0 N–H and O–H groups in total. The molecule has 0 bridgehead atoms. The van der Waals surface area contributed by atoms with Crippen molar-refractivity contribution < 1.29 is 14.3 Å². The van der Waals surface area contributed by atoms with Gasteiger partial charge in [0, 0.05) is 0 Å². The molecule has 0 aromatic heterocycles. The molecule has 100 valence electrons. The molecule has 2 rings (SSSR count). The minimum absolute atomic E-state index is 0.0153. The Morgan fingerprint density at radius 2 is 1.95 bits per heavy atom. The van der Waals surface area contributed by atoms with Gasteiger partial charge in [-0.05, 0) is 30.4 Å². The number of methoxy groups -OCH3 is 2. The van der Waals surface area contributed by atoms with Crippen LogP contribution in [0.1, 0.15) is 29.8 Å². The molecule has 0 amide bonds. The van der Waals surface area contributed by atoms with Crippen molar-refractivity contribution in [2.45, 2.75) is 20.3 Å². The molecule has 0 unspecified atom stereocenters. The SMILES string of the molecule is CCc1cc2cccc(OC)c2c(OC)c1C(C)=O. The van der Waals surface area contributed by atoms with Crippen molar-refractivity contribution in [3.63, 3.8) is 0 Å². The molecule has 0 saturated heterocycles. The molecule has 0 atom stereocenters. The molecule has 3 heteroatoms. The number of rotatable bonds is 4. The molecular formula is C16H18O3. The van der Waals surface area contributed by atoms with Crippen molar-refractivity contribution in [3.8, 4) is 11.5 Å². The summed E-state index contributed by atoms with van der Waals surface area (Å²) in [4.78, 5) is 11.9. The second-order valence-corrected chi connectivity index (χ2v) is 4.41. The lowest BCUT2D eigenvalue weighted by Gasteiger charge is -2.16. The summed E-state index contributed by atoms with van der Waals surface area (Å²) in [6.07, 6.45) is 0.790. The quantitative estimate of drug-likeness (QED) is 0.786. The lowest BCUT2D eigenvalue weighted by molar-refractivity contribution is 0.101. The van der Waals surface area contributed by atoms with Crippen molar-refractivity contribution >= 4 is 16.6 Å². The smallest absolute Gasteiger partial charge is 0.163 e. The maximum absolute atomic E-state index is 11.9. The van der Waals surface area contributed by atoms with Crippen LogP contribution in [0.2, 0.25) is 0 Å². The number of hydrogen-bond donors (Lipinski definition) is 0. The molecule has 0 heterocycles. The predicted octanol–water partition coefficient (Wildman–Crippen LogP) is 3.62. The van der Waals surface area contributed by atoms with Crippen molar-refractivity contribution in [3.05, 3.63) is 35.4 Å². The summed E-state index contributed by atoms with van der Waals surface area (Å²) in [6, 6.07) is 7.86. The highest BCUT2D eigenvalue weighted by atomic mass is 16.5. The van der Waals surface area contributed by atoms with Crippen LogP contribution in [0.25, 0.3) is 10.8 Å². The van der Waals surface area contributed by atoms with E-state index in [2.05, 4.69) is 0 Å². The number of benzene rings is 2. The normalized spacial score (nSPS) is 10.5. The average Bonchev–Trinajstić information content (AvgIpc) is 2.43. The average molecular weight is 258 g/mol. The standard InChI is InChI=1S/C16H18O3/c1-5-11-9-12-7-6-8-13(18-3)15(12)16(19-4)14(11)10(2)17/h6-9H,5H2,1-4H3. The number of Topliss-reactive ketones (excluding diaryl/α,β-unsaturated/α-hetero) is 1. The summed E-state index contributed by atoms with van der Waals surface area (Å²) in [5.41, 5.74) is 1.66. The fraction of sp³-hybridized carbons (Fsp3) is 0.312. The topological polar surface area (TPSA) is 35.5 Å². The van der Waals surface area contributed by atoms with Gasteiger partial charge in [0.15, 0.2) is 5.78 Å². The van der Waals surface area contributed by atoms with Crippen molar-refractivity contribution in [1.29, 1.82) is 0 Å². The van der Waals surface area contributed by atoms with Crippen molar-refractivity contribution in [2.24, 2.45) is 0 Å². The van der Waals surface area contributed by atoms with E-state index in [1.807, 2.05) is 31.2 Å². The summed E-state index contributed by atoms with van der Waals surface area (Å²) in [5, 5.41) is 1.88. The third-order valence-corrected chi connectivity index (χ3v) is 3.32. The summed E-state index contributed by atoms with van der Waals surface area (Å²) in [6.45, 7) is 3.60. The van der Waals surface area contributed by atoms with Gasteiger partial charge in [-0.25, -0.2) is 0 Å². The Hall–Kier alpha value is -2.03. The van der Waals surface area contributed by atoms with Gasteiger partial charge in [0.25, 0.3) is 0 Å². The van der Waals surface area contributed by atoms with E-state index in [4.69, 9.17) is 9.47 Å². The highest BCUT2D eigenvalue weighted by molar-refractivity contribution is 6.07. The van der Waals surface area contributed by atoms with E-state index in [1.165, 1.54) is 0 Å². The van der Waals surface area contributed by atoms with Crippen LogP contribution in [0, 0.1) is 0 Å². The van der Waals surface area contributed by atoms with Crippen LogP contribution in [0.4, 0.5) is 0 Å². The Bertz CT molecular complexity index is 629. The first-order chi connectivity index (χ1) is 9.13. The Morgan fingerprint density at radius 3 is 2.47 bits per heavy atom. The first-order valence-electron chi connectivity index (χ1n) is 6.31. The molecule has 3 nitrogen and oxygen atoms in total. The first-order valence-corrected chi connectivity index (χ1v) is 6.31. The van der Waals surface area contributed by atoms with Crippen molar-refractivity contribution in [2.75, 3.05) is 14.2 Å². The molecule has 2 aromatic rings. The number of aryl methyl sites for hydroxylation is 1. The van der Waals surface area contributed by atoms with E-state index in [-0.39, 0.29) is 5.78 Å². The van der Waals surface area contributed by atoms with Crippen LogP contribution in [-0.4, -0.2) is 20.0 Å². The van der Waals surface area contributed by atoms with Gasteiger partial charge in [0.05, 0.1) is 25.2 Å². The van der Waals surface area contributed by atoms with Gasteiger partial charge in [-0.1, -0.05) is 25.1 Å². The van der Waals surface area contributed by atoms with Gasteiger partial charge in [-0.3, -0.25) is 4.79 Å². The minimum Gasteiger partial charge on any atom is -0.496 e. The number of carbonyl (C=O) groups excluding carboxylic acids is 1. The summed E-state index contributed by atoms with van der Waals surface area (Å²) in [5.74, 6) is 1.35.